The number of fused-ring (bicyclic) bond motifs is 1. The number of aromatic nitrogens is 3. The average molecular weight is 361 g/mol. The van der Waals surface area contributed by atoms with E-state index in [0.29, 0.717) is 5.69 Å². The van der Waals surface area contributed by atoms with E-state index in [2.05, 4.69) is 9.97 Å². The number of carbonyl (C=O) groups is 1. The molecule has 0 aliphatic rings. The van der Waals surface area contributed by atoms with E-state index in [4.69, 9.17) is 8.22 Å². The molecule has 0 amide bonds. The summed E-state index contributed by atoms with van der Waals surface area (Å²) in [6, 6.07) is 5.46. The molecule has 4 aromatic rings. The molecule has 2 aromatic carbocycles. The number of aryl methyl sites for hydroxylation is 1. The van der Waals surface area contributed by atoms with E-state index in [9.17, 15) is 4.79 Å². The average Bonchev–Trinajstić information content (AvgIpc) is 3.17. The molecule has 0 N–H and O–H groups in total. The molecular formula is C23H21N3O. The molecule has 0 aliphatic heterocycles. The molecule has 0 radical (unpaired) electrons. The van der Waals surface area contributed by atoms with Gasteiger partial charge in [0, 0.05) is 38.2 Å². The summed E-state index contributed by atoms with van der Waals surface area (Å²) in [5, 5.41) is 1.75. The molecule has 2 aromatic heterocycles. The van der Waals surface area contributed by atoms with Gasteiger partial charge >= 0.3 is 0 Å². The Kier molecular flexibility index (Phi) is 3.03. The monoisotopic (exact) mass is 361 g/mol. The first-order chi connectivity index (χ1) is 15.5. The Hall–Kier alpha value is -3.27. The zero-order valence-electron chi connectivity index (χ0n) is 21.0. The first kappa shape index (κ1) is 11.4. The smallest absolute Gasteiger partial charge is 0.168 e. The summed E-state index contributed by atoms with van der Waals surface area (Å²) in [5.41, 5.74) is 1.60. The highest BCUT2D eigenvalue weighted by atomic mass is 16.1. The van der Waals surface area contributed by atoms with E-state index in [-0.39, 0.29) is 17.5 Å². The van der Waals surface area contributed by atoms with Crippen molar-refractivity contribution in [2.75, 3.05) is 0 Å². The Balaban J connectivity index is 1.72. The molecule has 134 valence electrons. The number of hydrogen-bond acceptors (Lipinski definition) is 3. The van der Waals surface area contributed by atoms with Crippen LogP contribution in [0.3, 0.4) is 0 Å². The van der Waals surface area contributed by atoms with Crippen molar-refractivity contribution in [1.29, 1.82) is 0 Å². The predicted octanol–water partition coefficient (Wildman–Crippen LogP) is 4.62. The van der Waals surface area contributed by atoms with E-state index in [1.54, 1.807) is 24.8 Å². The molecule has 4 nitrogen and oxygen atoms in total. The van der Waals surface area contributed by atoms with Gasteiger partial charge < -0.3 is 4.57 Å². The van der Waals surface area contributed by atoms with Crippen LogP contribution in [0.4, 0.5) is 0 Å². The summed E-state index contributed by atoms with van der Waals surface area (Å²) >= 11 is 0. The van der Waals surface area contributed by atoms with Crippen molar-refractivity contribution in [2.24, 2.45) is 7.05 Å². The van der Waals surface area contributed by atoms with Gasteiger partial charge in [0.05, 0.1) is 30.1 Å². The number of nitrogens with zero attached hydrogens (tertiary/aromatic N) is 3. The second-order valence-corrected chi connectivity index (χ2v) is 6.23. The van der Waals surface area contributed by atoms with Gasteiger partial charge in [-0.2, -0.15) is 0 Å². The highest BCUT2D eigenvalue weighted by Gasteiger charge is 2.10. The molecule has 0 saturated carbocycles. The van der Waals surface area contributed by atoms with Crippen LogP contribution in [0.2, 0.25) is 0 Å². The van der Waals surface area contributed by atoms with Crippen LogP contribution in [0, 0.1) is 0 Å². The molecule has 4 heteroatoms. The highest BCUT2D eigenvalue weighted by Crippen LogP contribution is 2.24. The summed E-state index contributed by atoms with van der Waals surface area (Å²) in [5.74, 6) is -0.607. The first-order valence-corrected chi connectivity index (χ1v) is 8.48. The van der Waals surface area contributed by atoms with E-state index in [0.717, 1.165) is 29.0 Å². The molecule has 0 aliphatic carbocycles. The van der Waals surface area contributed by atoms with Gasteiger partial charge in [0.25, 0.3) is 0 Å². The lowest BCUT2D eigenvalue weighted by molar-refractivity contribution is 0.0992. The number of Topliss-reactive ketones (excluding diaryl/α,β-unsaturated/α-hetero) is 1. The fourth-order valence-corrected chi connectivity index (χ4v) is 2.91. The van der Waals surface area contributed by atoms with Crippen LogP contribution < -0.4 is 0 Å². The highest BCUT2D eigenvalue weighted by molar-refractivity contribution is 5.98. The molecule has 0 bridgehead atoms. The standard InChI is InChI=1S/C23H21N3O/c1-3-16-4-6-17(7-5-16)23(27)12-21-11-20-10-18(8-9-19(20)13-25-21)22-14-24-15-26(22)2/h4-11,13-15H,3,12H2,1-2H3/i3D2,4D,5D,6D,7D. The van der Waals surface area contributed by atoms with Crippen molar-refractivity contribution in [1.82, 2.24) is 14.5 Å². The Labute approximate surface area is 167 Å². The fourth-order valence-electron chi connectivity index (χ4n) is 2.91. The summed E-state index contributed by atoms with van der Waals surface area (Å²) in [7, 11) is 1.90. The summed E-state index contributed by atoms with van der Waals surface area (Å²) < 4.78 is 50.2. The minimum Gasteiger partial charge on any atom is -0.334 e. The molecule has 4 rings (SSSR count). The van der Waals surface area contributed by atoms with Crippen LogP contribution in [0.15, 0.2) is 67.2 Å². The van der Waals surface area contributed by atoms with Crippen molar-refractivity contribution in [3.63, 3.8) is 0 Å². The minimum atomic E-state index is -2.08. The Morgan fingerprint density at radius 2 is 1.96 bits per heavy atom. The maximum absolute atomic E-state index is 13.0. The number of hydrogen-bond donors (Lipinski definition) is 0. The molecule has 0 atom stereocenters. The summed E-state index contributed by atoms with van der Waals surface area (Å²) in [6.07, 6.45) is 2.84. The van der Waals surface area contributed by atoms with Crippen molar-refractivity contribution in [3.8, 4) is 11.3 Å². The molecular weight excluding hydrogens is 334 g/mol. The number of imidazole rings is 1. The molecule has 2 heterocycles. The lowest BCUT2D eigenvalue weighted by Gasteiger charge is -2.07. The van der Waals surface area contributed by atoms with Crippen LogP contribution in [0.25, 0.3) is 22.0 Å². The van der Waals surface area contributed by atoms with Crippen LogP contribution in [-0.2, 0) is 19.8 Å². The van der Waals surface area contributed by atoms with E-state index in [1.807, 2.05) is 29.8 Å². The fraction of sp³-hybridized carbons (Fsp3) is 0.174. The van der Waals surface area contributed by atoms with Gasteiger partial charge in [0.1, 0.15) is 0 Å². The van der Waals surface area contributed by atoms with Crippen LogP contribution >= 0.6 is 0 Å². The van der Waals surface area contributed by atoms with Gasteiger partial charge in [0.15, 0.2) is 5.78 Å². The molecule has 0 fully saturated rings. The Bertz CT molecular complexity index is 1380. The van der Waals surface area contributed by atoms with Crippen LogP contribution in [-0.4, -0.2) is 20.3 Å². The lowest BCUT2D eigenvalue weighted by Crippen LogP contribution is -2.05. The second-order valence-electron chi connectivity index (χ2n) is 6.23. The van der Waals surface area contributed by atoms with Gasteiger partial charge in [-0.25, -0.2) is 4.98 Å². The first-order valence-electron chi connectivity index (χ1n) is 11.5. The van der Waals surface area contributed by atoms with Crippen molar-refractivity contribution in [2.45, 2.75) is 19.7 Å². The van der Waals surface area contributed by atoms with Crippen LogP contribution in [0.1, 0.15) is 36.8 Å². The van der Waals surface area contributed by atoms with Gasteiger partial charge in [-0.05, 0) is 29.5 Å². The van der Waals surface area contributed by atoms with Gasteiger partial charge in [0.2, 0.25) is 0 Å². The van der Waals surface area contributed by atoms with Crippen molar-refractivity contribution >= 4 is 16.6 Å². The molecule has 27 heavy (non-hydrogen) atoms. The summed E-state index contributed by atoms with van der Waals surface area (Å²) in [4.78, 5) is 21.5. The van der Waals surface area contributed by atoms with E-state index < -0.39 is 36.3 Å². The second kappa shape index (κ2) is 7.16. The lowest BCUT2D eigenvalue weighted by atomic mass is 10.0. The van der Waals surface area contributed by atoms with Crippen molar-refractivity contribution < 1.29 is 13.0 Å². The normalized spacial score (nSPS) is 14.7. The van der Waals surface area contributed by atoms with E-state index >= 15 is 0 Å². The number of rotatable bonds is 5. The summed E-state index contributed by atoms with van der Waals surface area (Å²) in [6.45, 7) is 1.16. The number of pyridine rings is 1. The quantitative estimate of drug-likeness (QED) is 0.487. The van der Waals surface area contributed by atoms with Gasteiger partial charge in [-0.1, -0.05) is 43.2 Å². The predicted molar refractivity (Wildman–Crippen MR) is 108 cm³/mol. The number of ketones is 1. The number of carbonyl (C=O) groups excluding carboxylic acids is 1. The largest absolute Gasteiger partial charge is 0.334 e. The molecule has 0 unspecified atom stereocenters. The van der Waals surface area contributed by atoms with Gasteiger partial charge in [-0.3, -0.25) is 9.78 Å². The third-order valence-corrected chi connectivity index (χ3v) is 4.39. The number of benzene rings is 2. The van der Waals surface area contributed by atoms with Crippen molar-refractivity contribution in [3.05, 3.63) is 84.0 Å². The zero-order chi connectivity index (χ0) is 24.1. The molecule has 0 saturated heterocycles. The molecule has 0 spiro atoms. The minimum absolute atomic E-state index is 0.207. The maximum atomic E-state index is 13.0. The Morgan fingerprint density at radius 1 is 1.15 bits per heavy atom. The zero-order valence-corrected chi connectivity index (χ0v) is 15.0. The van der Waals surface area contributed by atoms with Gasteiger partial charge in [-0.15, -0.1) is 0 Å². The maximum Gasteiger partial charge on any atom is 0.168 e. The topological polar surface area (TPSA) is 47.8 Å². The van der Waals surface area contributed by atoms with Crippen LogP contribution in [0.5, 0.6) is 0 Å². The Morgan fingerprint density at radius 3 is 2.67 bits per heavy atom. The third kappa shape index (κ3) is 3.51. The SMILES string of the molecule is [2H]c1c([2H])c(C([2H])([2H])C)c([2H])c([2H])c1C(=O)Cc1cc2cc(-c3cncn3C)ccc2cn1. The third-order valence-electron chi connectivity index (χ3n) is 4.39. The van der Waals surface area contributed by atoms with E-state index in [1.165, 1.54) is 0 Å².